The lowest BCUT2D eigenvalue weighted by Crippen LogP contribution is -2.06. The number of benzene rings is 1. The maximum atomic E-state index is 10.8. The quantitative estimate of drug-likeness (QED) is 0.924. The minimum atomic E-state index is -0.901. The molecule has 1 rings (SSSR count). The molecule has 16 heavy (non-hydrogen) atoms. The molecule has 1 aromatic rings. The Morgan fingerprint density at radius 1 is 1.44 bits per heavy atom. The van der Waals surface area contributed by atoms with Gasteiger partial charge in [0.1, 0.15) is 0 Å². The summed E-state index contributed by atoms with van der Waals surface area (Å²) in [6, 6.07) is 1.76. The minimum Gasteiger partial charge on any atom is -0.493 e. The maximum Gasteiger partial charge on any atom is 0.307 e. The van der Waals surface area contributed by atoms with Crippen LogP contribution in [-0.4, -0.2) is 25.3 Å². The van der Waals surface area contributed by atoms with Gasteiger partial charge in [-0.15, -0.1) is 0 Å². The molecule has 0 heterocycles. The van der Waals surface area contributed by atoms with Gasteiger partial charge in [-0.05, 0) is 18.6 Å². The zero-order valence-electron chi connectivity index (χ0n) is 9.33. The molecule has 0 unspecified atom stereocenters. The molecule has 0 spiro atoms. The van der Waals surface area contributed by atoms with Gasteiger partial charge >= 0.3 is 5.97 Å². The zero-order chi connectivity index (χ0) is 12.3. The van der Waals surface area contributed by atoms with Crippen molar-refractivity contribution in [3.05, 3.63) is 21.7 Å². The Labute approximate surface area is 102 Å². The van der Waals surface area contributed by atoms with Crippen LogP contribution in [0.3, 0.4) is 0 Å². The van der Waals surface area contributed by atoms with Gasteiger partial charge in [-0.3, -0.25) is 4.79 Å². The number of ether oxygens (including phenoxy) is 2. The SMILES string of the molecule is COc1cc(Br)c(C)c(CC(=O)O)c1OC. The fraction of sp³-hybridized carbons (Fsp3) is 0.364. The zero-order valence-corrected chi connectivity index (χ0v) is 10.9. The third-order valence-electron chi connectivity index (χ3n) is 2.32. The Balaban J connectivity index is 3.40. The third kappa shape index (κ3) is 2.47. The summed E-state index contributed by atoms with van der Waals surface area (Å²) in [5.41, 5.74) is 1.47. The monoisotopic (exact) mass is 288 g/mol. The van der Waals surface area contributed by atoms with Crippen LogP contribution in [0.2, 0.25) is 0 Å². The maximum absolute atomic E-state index is 10.8. The summed E-state index contributed by atoms with van der Waals surface area (Å²) < 4.78 is 11.1. The van der Waals surface area contributed by atoms with Gasteiger partial charge in [-0.1, -0.05) is 15.9 Å². The lowest BCUT2D eigenvalue weighted by molar-refractivity contribution is -0.136. The largest absolute Gasteiger partial charge is 0.493 e. The van der Waals surface area contributed by atoms with Crippen molar-refractivity contribution in [1.82, 2.24) is 0 Å². The number of hydrogen-bond donors (Lipinski definition) is 1. The average Bonchev–Trinajstić information content (AvgIpc) is 2.23. The fourth-order valence-corrected chi connectivity index (χ4v) is 1.94. The number of rotatable bonds is 4. The van der Waals surface area contributed by atoms with Crippen LogP contribution in [0.4, 0.5) is 0 Å². The second kappa shape index (κ2) is 5.21. The number of carbonyl (C=O) groups is 1. The number of carboxylic acids is 1. The highest BCUT2D eigenvalue weighted by Crippen LogP contribution is 2.38. The van der Waals surface area contributed by atoms with E-state index in [9.17, 15) is 4.79 Å². The van der Waals surface area contributed by atoms with E-state index in [1.54, 1.807) is 6.07 Å². The second-order valence-electron chi connectivity index (χ2n) is 3.27. The first-order valence-electron chi connectivity index (χ1n) is 4.63. The first-order valence-corrected chi connectivity index (χ1v) is 5.42. The van der Waals surface area contributed by atoms with E-state index in [4.69, 9.17) is 14.6 Å². The van der Waals surface area contributed by atoms with E-state index >= 15 is 0 Å². The summed E-state index contributed by atoms with van der Waals surface area (Å²) in [7, 11) is 3.01. The van der Waals surface area contributed by atoms with Crippen LogP contribution in [0, 0.1) is 6.92 Å². The molecule has 0 aliphatic rings. The lowest BCUT2D eigenvalue weighted by atomic mass is 10.0. The normalized spacial score (nSPS) is 10.0. The lowest BCUT2D eigenvalue weighted by Gasteiger charge is -2.15. The van der Waals surface area contributed by atoms with Crippen LogP contribution in [0.25, 0.3) is 0 Å². The molecule has 4 nitrogen and oxygen atoms in total. The number of carboxylic acid groups (broad SMARTS) is 1. The highest BCUT2D eigenvalue weighted by atomic mass is 79.9. The summed E-state index contributed by atoms with van der Waals surface area (Å²) in [6.07, 6.45) is -0.0925. The summed E-state index contributed by atoms with van der Waals surface area (Å²) in [5.74, 6) is 0.100. The topological polar surface area (TPSA) is 55.8 Å². The van der Waals surface area contributed by atoms with Crippen LogP contribution in [0.15, 0.2) is 10.5 Å². The van der Waals surface area contributed by atoms with E-state index in [2.05, 4.69) is 15.9 Å². The molecule has 0 saturated carbocycles. The Bertz CT molecular complexity index is 415. The molecule has 0 atom stereocenters. The van der Waals surface area contributed by atoms with Crippen molar-refractivity contribution in [3.63, 3.8) is 0 Å². The van der Waals surface area contributed by atoms with Gasteiger partial charge in [0.05, 0.1) is 20.6 Å². The first-order chi connectivity index (χ1) is 7.51. The molecule has 0 saturated heterocycles. The van der Waals surface area contributed by atoms with Crippen LogP contribution in [0.5, 0.6) is 11.5 Å². The standard InChI is InChI=1S/C11H13BrO4/c1-6-7(4-10(13)14)11(16-3)9(15-2)5-8(6)12/h5H,4H2,1-3H3,(H,13,14). The van der Waals surface area contributed by atoms with Crippen LogP contribution >= 0.6 is 15.9 Å². The Morgan fingerprint density at radius 3 is 2.50 bits per heavy atom. The molecule has 0 aliphatic heterocycles. The van der Waals surface area contributed by atoms with Crippen molar-refractivity contribution in [2.24, 2.45) is 0 Å². The van der Waals surface area contributed by atoms with Crippen molar-refractivity contribution in [3.8, 4) is 11.5 Å². The summed E-state index contributed by atoms with van der Waals surface area (Å²) >= 11 is 3.36. The Kier molecular flexibility index (Phi) is 4.18. The smallest absolute Gasteiger partial charge is 0.307 e. The highest BCUT2D eigenvalue weighted by molar-refractivity contribution is 9.10. The van der Waals surface area contributed by atoms with Gasteiger partial charge in [0.2, 0.25) is 0 Å². The fourth-order valence-electron chi connectivity index (χ4n) is 1.49. The highest BCUT2D eigenvalue weighted by Gasteiger charge is 2.18. The van der Waals surface area contributed by atoms with Crippen molar-refractivity contribution < 1.29 is 19.4 Å². The first kappa shape index (κ1) is 12.8. The average molecular weight is 289 g/mol. The summed E-state index contributed by atoms with van der Waals surface area (Å²) in [5, 5.41) is 8.85. The second-order valence-corrected chi connectivity index (χ2v) is 4.12. The number of methoxy groups -OCH3 is 2. The van der Waals surface area contributed by atoms with E-state index in [1.165, 1.54) is 14.2 Å². The van der Waals surface area contributed by atoms with E-state index in [0.29, 0.717) is 17.1 Å². The predicted octanol–water partition coefficient (Wildman–Crippen LogP) is 2.40. The van der Waals surface area contributed by atoms with Gasteiger partial charge in [-0.2, -0.15) is 0 Å². The molecular weight excluding hydrogens is 276 g/mol. The molecule has 1 N–H and O–H groups in total. The summed E-state index contributed by atoms with van der Waals surface area (Å²) in [4.78, 5) is 10.8. The molecule has 0 aromatic heterocycles. The van der Waals surface area contributed by atoms with E-state index in [-0.39, 0.29) is 6.42 Å². The third-order valence-corrected chi connectivity index (χ3v) is 3.14. The van der Waals surface area contributed by atoms with E-state index in [0.717, 1.165) is 10.0 Å². The van der Waals surface area contributed by atoms with Gasteiger partial charge in [-0.25, -0.2) is 0 Å². The van der Waals surface area contributed by atoms with Gasteiger partial charge in [0, 0.05) is 10.0 Å². The summed E-state index contributed by atoms with van der Waals surface area (Å²) in [6.45, 7) is 1.84. The van der Waals surface area contributed by atoms with Crippen LogP contribution in [0.1, 0.15) is 11.1 Å². The van der Waals surface area contributed by atoms with Crippen molar-refractivity contribution in [1.29, 1.82) is 0 Å². The van der Waals surface area contributed by atoms with Crippen molar-refractivity contribution >= 4 is 21.9 Å². The van der Waals surface area contributed by atoms with E-state index in [1.807, 2.05) is 6.92 Å². The molecule has 0 bridgehead atoms. The van der Waals surface area contributed by atoms with Crippen LogP contribution < -0.4 is 9.47 Å². The van der Waals surface area contributed by atoms with Crippen molar-refractivity contribution in [2.75, 3.05) is 14.2 Å². The number of hydrogen-bond acceptors (Lipinski definition) is 3. The number of halogens is 1. The molecule has 0 amide bonds. The molecular formula is C11H13BrO4. The molecule has 5 heteroatoms. The van der Waals surface area contributed by atoms with Gasteiger partial charge in [0.15, 0.2) is 11.5 Å². The Morgan fingerprint density at radius 2 is 2.06 bits per heavy atom. The predicted molar refractivity (Wildman–Crippen MR) is 63.3 cm³/mol. The van der Waals surface area contributed by atoms with Crippen LogP contribution in [-0.2, 0) is 11.2 Å². The van der Waals surface area contributed by atoms with Gasteiger partial charge in [0.25, 0.3) is 0 Å². The molecule has 88 valence electrons. The van der Waals surface area contributed by atoms with Gasteiger partial charge < -0.3 is 14.6 Å². The minimum absolute atomic E-state index is 0.0925. The molecule has 0 fully saturated rings. The Hall–Kier alpha value is -1.23. The molecule has 0 aliphatic carbocycles. The molecule has 1 aromatic carbocycles. The number of aliphatic carboxylic acids is 1. The van der Waals surface area contributed by atoms with Crippen molar-refractivity contribution in [2.45, 2.75) is 13.3 Å². The van der Waals surface area contributed by atoms with E-state index < -0.39 is 5.97 Å². The molecule has 0 radical (unpaired) electrons.